The summed E-state index contributed by atoms with van der Waals surface area (Å²) in [6.07, 6.45) is 4.69. The number of nitrogens with zero attached hydrogens (tertiary/aromatic N) is 3. The molecule has 9 heteroatoms. The molecule has 1 aromatic carbocycles. The largest absolute Gasteiger partial charge is 0.487 e. The van der Waals surface area contributed by atoms with E-state index in [4.69, 9.17) is 4.74 Å². The van der Waals surface area contributed by atoms with Gasteiger partial charge in [0.2, 0.25) is 15.9 Å². The molecule has 1 saturated carbocycles. The molecule has 0 unspecified atom stereocenters. The molecular weight excluding hydrogens is 466 g/mol. The van der Waals surface area contributed by atoms with Crippen LogP contribution in [0.25, 0.3) is 0 Å². The number of fused-ring (bicyclic) bond motifs is 1. The number of aromatic nitrogens is 1. The molecule has 1 aliphatic carbocycles. The van der Waals surface area contributed by atoms with Crippen LogP contribution in [-0.4, -0.2) is 72.5 Å². The quantitative estimate of drug-likeness (QED) is 0.636. The van der Waals surface area contributed by atoms with Gasteiger partial charge in [-0.2, -0.15) is 4.31 Å². The predicted octanol–water partition coefficient (Wildman–Crippen LogP) is 2.12. The zero-order chi connectivity index (χ0) is 25.2. The highest BCUT2D eigenvalue weighted by Crippen LogP contribution is 2.35. The standard InChI is InChI=1S/C26H31N3O5S/c1-18-15-29(19(2)17-30)35(32,33)25-9-6-21(5-4-20-10-12-27-13-11-20)14-23(25)34-24(18)16-28(3)26(31)22-7-8-22/h6,9-14,18-19,22,24,30H,7-8,15-17H2,1-3H3/t18-,19+,24-/m1/s1. The Morgan fingerprint density at radius 2 is 1.91 bits per heavy atom. The Labute approximate surface area is 207 Å². The normalized spacial score (nSPS) is 22.4. The number of likely N-dealkylation sites (N-methyl/N-ethyl adjacent to an activating group) is 1. The second-order valence-corrected chi connectivity index (χ2v) is 11.2. The molecule has 2 heterocycles. The van der Waals surface area contributed by atoms with Crippen LogP contribution in [-0.2, 0) is 14.8 Å². The highest BCUT2D eigenvalue weighted by atomic mass is 32.2. The van der Waals surface area contributed by atoms with Crippen LogP contribution in [0, 0.1) is 23.7 Å². The number of benzene rings is 1. The lowest BCUT2D eigenvalue weighted by molar-refractivity contribution is -0.132. The van der Waals surface area contributed by atoms with Crippen molar-refractivity contribution in [3.63, 3.8) is 0 Å². The van der Waals surface area contributed by atoms with Gasteiger partial charge in [-0.3, -0.25) is 9.78 Å². The summed E-state index contributed by atoms with van der Waals surface area (Å²) in [4.78, 5) is 18.3. The fourth-order valence-electron chi connectivity index (χ4n) is 4.10. The summed E-state index contributed by atoms with van der Waals surface area (Å²) in [5.41, 5.74) is 1.39. The number of rotatable bonds is 5. The lowest BCUT2D eigenvalue weighted by atomic mass is 10.0. The monoisotopic (exact) mass is 497 g/mol. The summed E-state index contributed by atoms with van der Waals surface area (Å²) in [6, 6.07) is 7.77. The van der Waals surface area contributed by atoms with Crippen LogP contribution in [0.3, 0.4) is 0 Å². The minimum atomic E-state index is -3.93. The molecule has 2 aliphatic rings. The predicted molar refractivity (Wildman–Crippen MR) is 131 cm³/mol. The van der Waals surface area contributed by atoms with Crippen LogP contribution in [0.5, 0.6) is 5.75 Å². The van der Waals surface area contributed by atoms with Gasteiger partial charge >= 0.3 is 0 Å². The maximum atomic E-state index is 13.6. The van der Waals surface area contributed by atoms with Gasteiger partial charge in [0.15, 0.2) is 0 Å². The van der Waals surface area contributed by atoms with E-state index in [1.54, 1.807) is 55.5 Å². The first-order chi connectivity index (χ1) is 16.7. The topological polar surface area (TPSA) is 100 Å². The van der Waals surface area contributed by atoms with Gasteiger partial charge in [-0.05, 0) is 50.1 Å². The third-order valence-electron chi connectivity index (χ3n) is 6.46. The number of amides is 1. The van der Waals surface area contributed by atoms with Crippen molar-refractivity contribution in [3.05, 3.63) is 53.9 Å². The Hall–Kier alpha value is -2.93. The average molecular weight is 498 g/mol. The number of pyridine rings is 1. The van der Waals surface area contributed by atoms with Gasteiger partial charge in [-0.15, -0.1) is 0 Å². The summed E-state index contributed by atoms with van der Waals surface area (Å²) in [7, 11) is -2.17. The Morgan fingerprint density at radius 1 is 1.23 bits per heavy atom. The molecule has 1 amide bonds. The van der Waals surface area contributed by atoms with Gasteiger partial charge in [-0.1, -0.05) is 18.8 Å². The molecule has 1 aromatic heterocycles. The van der Waals surface area contributed by atoms with E-state index in [2.05, 4.69) is 16.8 Å². The summed E-state index contributed by atoms with van der Waals surface area (Å²) >= 11 is 0. The maximum Gasteiger partial charge on any atom is 0.247 e. The number of hydrogen-bond acceptors (Lipinski definition) is 6. The fourth-order valence-corrected chi connectivity index (χ4v) is 5.93. The highest BCUT2D eigenvalue weighted by molar-refractivity contribution is 7.89. The van der Waals surface area contributed by atoms with Gasteiger partial charge in [0, 0.05) is 55.0 Å². The number of sulfonamides is 1. The molecule has 0 saturated heterocycles. The molecule has 3 atom stereocenters. The van der Waals surface area contributed by atoms with Crippen LogP contribution in [0.2, 0.25) is 0 Å². The minimum Gasteiger partial charge on any atom is -0.487 e. The molecule has 1 N–H and O–H groups in total. The summed E-state index contributed by atoms with van der Waals surface area (Å²) in [5.74, 6) is 6.25. The van der Waals surface area contributed by atoms with Crippen LogP contribution >= 0.6 is 0 Å². The number of carbonyl (C=O) groups excluding carboxylic acids is 1. The van der Waals surface area contributed by atoms with Gasteiger partial charge in [-0.25, -0.2) is 8.42 Å². The molecule has 0 bridgehead atoms. The third kappa shape index (κ3) is 5.67. The lowest BCUT2D eigenvalue weighted by Gasteiger charge is -2.37. The minimum absolute atomic E-state index is 0.0281. The Morgan fingerprint density at radius 3 is 2.57 bits per heavy atom. The van der Waals surface area contributed by atoms with E-state index in [0.29, 0.717) is 12.1 Å². The first kappa shape index (κ1) is 25.2. The molecule has 1 fully saturated rings. The Kier molecular flexibility index (Phi) is 7.45. The fraction of sp³-hybridized carbons (Fsp3) is 0.462. The number of carbonyl (C=O) groups is 1. The van der Waals surface area contributed by atoms with Crippen molar-refractivity contribution in [2.75, 3.05) is 26.7 Å². The average Bonchev–Trinajstić information content (AvgIpc) is 3.70. The smallest absolute Gasteiger partial charge is 0.247 e. The molecule has 4 rings (SSSR count). The van der Waals surface area contributed by atoms with Crippen LogP contribution in [0.4, 0.5) is 0 Å². The van der Waals surface area contributed by atoms with Crippen molar-refractivity contribution >= 4 is 15.9 Å². The van der Waals surface area contributed by atoms with Crippen molar-refractivity contribution in [2.24, 2.45) is 11.8 Å². The van der Waals surface area contributed by atoms with Crippen molar-refractivity contribution < 1.29 is 23.1 Å². The van der Waals surface area contributed by atoms with E-state index < -0.39 is 22.2 Å². The second kappa shape index (κ2) is 10.4. The van der Waals surface area contributed by atoms with Gasteiger partial charge in [0.05, 0.1) is 13.2 Å². The molecule has 35 heavy (non-hydrogen) atoms. The molecule has 8 nitrogen and oxygen atoms in total. The molecule has 0 radical (unpaired) electrons. The summed E-state index contributed by atoms with van der Waals surface area (Å²) in [6.45, 7) is 3.79. The van der Waals surface area contributed by atoms with Gasteiger partial charge < -0.3 is 14.7 Å². The second-order valence-electron chi connectivity index (χ2n) is 9.38. The maximum absolute atomic E-state index is 13.6. The van der Waals surface area contributed by atoms with E-state index in [0.717, 1.165) is 18.4 Å². The number of aliphatic hydroxyl groups is 1. The van der Waals surface area contributed by atoms with E-state index in [1.165, 1.54) is 10.4 Å². The van der Waals surface area contributed by atoms with Crippen molar-refractivity contribution in [1.29, 1.82) is 0 Å². The Bertz CT molecular complexity index is 1230. The van der Waals surface area contributed by atoms with Crippen molar-refractivity contribution in [2.45, 2.75) is 43.7 Å². The number of aliphatic hydroxyl groups excluding tert-OH is 1. The number of ether oxygens (including phenoxy) is 1. The van der Waals surface area contributed by atoms with E-state index in [1.807, 2.05) is 6.92 Å². The first-order valence-corrected chi connectivity index (χ1v) is 13.2. The van der Waals surface area contributed by atoms with Gasteiger partial charge in [0.1, 0.15) is 16.7 Å². The molecule has 0 spiro atoms. The summed E-state index contributed by atoms with van der Waals surface area (Å²) in [5, 5.41) is 9.78. The van der Waals surface area contributed by atoms with Crippen molar-refractivity contribution in [1.82, 2.24) is 14.2 Å². The molecule has 1 aliphatic heterocycles. The zero-order valence-corrected chi connectivity index (χ0v) is 21.0. The van der Waals surface area contributed by atoms with Crippen LogP contribution in [0.15, 0.2) is 47.6 Å². The molecular formula is C26H31N3O5S. The lowest BCUT2D eigenvalue weighted by Crippen LogP contribution is -2.50. The van der Waals surface area contributed by atoms with Crippen LogP contribution in [0.1, 0.15) is 37.8 Å². The van der Waals surface area contributed by atoms with Crippen molar-refractivity contribution in [3.8, 4) is 17.6 Å². The first-order valence-electron chi connectivity index (χ1n) is 11.8. The van der Waals surface area contributed by atoms with Crippen LogP contribution < -0.4 is 4.74 Å². The SMILES string of the molecule is C[C@@H]1CN([C@@H](C)CO)S(=O)(=O)c2ccc(C#Cc3ccncc3)cc2O[C@@H]1CN(C)C(=O)C1CC1. The molecule has 2 aromatic rings. The third-order valence-corrected chi connectivity index (χ3v) is 8.47. The van der Waals surface area contributed by atoms with Gasteiger partial charge in [0.25, 0.3) is 0 Å². The molecule has 186 valence electrons. The number of hydrogen-bond donors (Lipinski definition) is 1. The summed E-state index contributed by atoms with van der Waals surface area (Å²) < 4.78 is 34.8. The zero-order valence-electron chi connectivity index (χ0n) is 20.2. The van der Waals surface area contributed by atoms with E-state index >= 15 is 0 Å². The van der Waals surface area contributed by atoms with E-state index in [-0.39, 0.29) is 41.5 Å². The Balaban J connectivity index is 1.72. The highest BCUT2D eigenvalue weighted by Gasteiger charge is 2.39. The van der Waals surface area contributed by atoms with E-state index in [9.17, 15) is 18.3 Å².